The summed E-state index contributed by atoms with van der Waals surface area (Å²) in [7, 11) is 0. The maximum absolute atomic E-state index is 2.37. The van der Waals surface area contributed by atoms with Crippen molar-refractivity contribution in [3.63, 3.8) is 0 Å². The summed E-state index contributed by atoms with van der Waals surface area (Å²) >= 11 is -0.444. The van der Waals surface area contributed by atoms with E-state index in [9.17, 15) is 0 Å². The van der Waals surface area contributed by atoms with E-state index < -0.39 is 24.6 Å². The molecule has 0 aliphatic heterocycles. The molecule has 0 atom stereocenters. The van der Waals surface area contributed by atoms with E-state index in [1.54, 1.807) is 7.86 Å². The molecule has 0 aromatic heterocycles. The molecule has 0 heterocycles. The Morgan fingerprint density at radius 3 is 1.23 bits per heavy atom. The summed E-state index contributed by atoms with van der Waals surface area (Å²) in [6.45, 7) is 14.2. The van der Waals surface area contributed by atoms with Crippen LogP contribution in [0.25, 0.3) is 0 Å². The van der Waals surface area contributed by atoms with Crippen LogP contribution in [0.1, 0.15) is 54.4 Å². The van der Waals surface area contributed by atoms with E-state index in [4.69, 9.17) is 0 Å². The van der Waals surface area contributed by atoms with Gasteiger partial charge in [-0.15, -0.1) is 0 Å². The molecule has 0 N–H and O–H groups in total. The minimum atomic E-state index is -0.444. The zero-order valence-electron chi connectivity index (χ0n) is 10.5. The van der Waals surface area contributed by atoms with Gasteiger partial charge in [0.15, 0.2) is 0 Å². The van der Waals surface area contributed by atoms with Gasteiger partial charge in [0.25, 0.3) is 0 Å². The van der Waals surface area contributed by atoms with Crippen LogP contribution in [0.2, 0.25) is 7.86 Å². The molecule has 0 aromatic carbocycles. The van der Waals surface area contributed by atoms with Gasteiger partial charge in [0, 0.05) is 0 Å². The fraction of sp³-hybridized carbons (Fsp3) is 1.00. The van der Waals surface area contributed by atoms with Crippen LogP contribution in [-0.2, 0) is 24.6 Å². The van der Waals surface area contributed by atoms with Crippen LogP contribution in [0.4, 0.5) is 0 Å². The first-order valence-electron chi connectivity index (χ1n) is 5.71. The molecule has 0 unspecified atom stereocenters. The van der Waals surface area contributed by atoms with E-state index >= 15 is 0 Å². The van der Waals surface area contributed by atoms with Crippen LogP contribution >= 0.6 is 0 Å². The third-order valence-corrected chi connectivity index (χ3v) is 8.99. The fourth-order valence-corrected chi connectivity index (χ4v) is 13.1. The third kappa shape index (κ3) is 12.9. The molecule has 0 radical (unpaired) electrons. The van der Waals surface area contributed by atoms with E-state index in [1.165, 1.54) is 12.8 Å². The van der Waals surface area contributed by atoms with Gasteiger partial charge in [-0.2, -0.15) is 0 Å². The van der Waals surface area contributed by atoms with Crippen LogP contribution in [0.5, 0.6) is 0 Å². The van der Waals surface area contributed by atoms with Crippen molar-refractivity contribution in [1.29, 1.82) is 0 Å². The van der Waals surface area contributed by atoms with Crippen molar-refractivity contribution in [3.05, 3.63) is 0 Å². The normalized spacial score (nSPS) is 12.8. The summed E-state index contributed by atoms with van der Waals surface area (Å²) in [4.78, 5) is 0. The van der Waals surface area contributed by atoms with Crippen LogP contribution in [0.3, 0.4) is 0 Å². The maximum atomic E-state index is 2.37. The van der Waals surface area contributed by atoms with Crippen molar-refractivity contribution in [1.82, 2.24) is 0 Å². The molecule has 0 fully saturated rings. The average Bonchev–Trinajstić information content (AvgIpc) is 1.81. The SMILES string of the molecule is CC(C)(C)C[CH2][Hg][CH2]CC(C)(C)C. The summed E-state index contributed by atoms with van der Waals surface area (Å²) in [5, 5.41) is 0. The van der Waals surface area contributed by atoms with Crippen molar-refractivity contribution >= 4 is 0 Å². The predicted molar refractivity (Wildman–Crippen MR) is 57.8 cm³/mol. The zero-order chi connectivity index (χ0) is 10.5. The van der Waals surface area contributed by atoms with Gasteiger partial charge in [-0.25, -0.2) is 0 Å². The fourth-order valence-electron chi connectivity index (χ4n) is 1.49. The second-order valence-corrected chi connectivity index (χ2v) is 14.9. The topological polar surface area (TPSA) is 0 Å². The van der Waals surface area contributed by atoms with Gasteiger partial charge in [0.05, 0.1) is 0 Å². The van der Waals surface area contributed by atoms with Gasteiger partial charge < -0.3 is 0 Å². The van der Waals surface area contributed by atoms with E-state index in [0.29, 0.717) is 10.8 Å². The number of hydrogen-bond acceptors (Lipinski definition) is 0. The number of rotatable bonds is 4. The van der Waals surface area contributed by atoms with Gasteiger partial charge in [-0.1, -0.05) is 0 Å². The Hall–Kier alpha value is 0.935. The molecule has 0 saturated carbocycles. The molecule has 0 aromatic rings. The quantitative estimate of drug-likeness (QED) is 0.493. The van der Waals surface area contributed by atoms with Gasteiger partial charge in [-0.3, -0.25) is 0 Å². The van der Waals surface area contributed by atoms with Crippen molar-refractivity contribution in [3.8, 4) is 0 Å². The standard InChI is InChI=1S/2C6H13.Hg/c2*1-5-6(2,3)4;/h2*1,5H2,2-4H3;. The van der Waals surface area contributed by atoms with E-state index in [-0.39, 0.29) is 0 Å². The Balaban J connectivity index is 3.28. The molecule has 0 nitrogen and oxygen atoms in total. The first-order valence-corrected chi connectivity index (χ1v) is 13.5. The molecule has 0 bridgehead atoms. The van der Waals surface area contributed by atoms with E-state index in [0.717, 1.165) is 0 Å². The Bertz CT molecular complexity index is 109. The first-order chi connectivity index (χ1) is 5.71. The Morgan fingerprint density at radius 1 is 0.692 bits per heavy atom. The van der Waals surface area contributed by atoms with Crippen molar-refractivity contribution in [2.75, 3.05) is 0 Å². The van der Waals surface area contributed by atoms with Crippen molar-refractivity contribution in [2.45, 2.75) is 62.2 Å². The van der Waals surface area contributed by atoms with Gasteiger partial charge in [0.2, 0.25) is 0 Å². The zero-order valence-corrected chi connectivity index (χ0v) is 16.0. The molecule has 76 valence electrons. The predicted octanol–water partition coefficient (Wildman–Crippen LogP) is 4.78. The van der Waals surface area contributed by atoms with Crippen molar-refractivity contribution < 1.29 is 24.6 Å². The van der Waals surface area contributed by atoms with Crippen LogP contribution in [0.15, 0.2) is 0 Å². The summed E-state index contributed by atoms with van der Waals surface area (Å²) in [6, 6.07) is 0. The van der Waals surface area contributed by atoms with E-state index in [2.05, 4.69) is 41.5 Å². The second-order valence-electron chi connectivity index (χ2n) is 6.68. The minimum absolute atomic E-state index is 0.444. The van der Waals surface area contributed by atoms with Crippen LogP contribution in [-0.4, -0.2) is 0 Å². The van der Waals surface area contributed by atoms with Crippen LogP contribution in [0, 0.1) is 10.8 Å². The molecule has 0 saturated heterocycles. The summed E-state index contributed by atoms with van der Waals surface area (Å²) in [5.41, 5.74) is 1.17. The molecule has 0 aliphatic carbocycles. The van der Waals surface area contributed by atoms with Gasteiger partial charge in [-0.05, 0) is 0 Å². The average molecular weight is 371 g/mol. The summed E-state index contributed by atoms with van der Waals surface area (Å²) < 4.78 is 3.25. The molecular formula is C12H26Hg. The molecule has 1 heteroatoms. The Kier molecular flexibility index (Phi) is 6.14. The van der Waals surface area contributed by atoms with Crippen LogP contribution < -0.4 is 0 Å². The monoisotopic (exact) mass is 372 g/mol. The molecule has 0 rings (SSSR count). The first kappa shape index (κ1) is 13.9. The van der Waals surface area contributed by atoms with Gasteiger partial charge in [0.1, 0.15) is 0 Å². The van der Waals surface area contributed by atoms with Crippen molar-refractivity contribution in [2.24, 2.45) is 10.8 Å². The molecule has 0 spiro atoms. The van der Waals surface area contributed by atoms with Gasteiger partial charge >= 0.3 is 97.6 Å². The molecular weight excluding hydrogens is 345 g/mol. The Labute approximate surface area is 97.3 Å². The molecule has 0 aliphatic rings. The summed E-state index contributed by atoms with van der Waals surface area (Å²) in [5.74, 6) is 0. The third-order valence-electron chi connectivity index (χ3n) is 2.35. The number of hydrogen-bond donors (Lipinski definition) is 0. The molecule has 13 heavy (non-hydrogen) atoms. The summed E-state index contributed by atoms with van der Waals surface area (Å²) in [6.07, 6.45) is 2.94. The van der Waals surface area contributed by atoms with E-state index in [1.807, 2.05) is 0 Å². The molecule has 0 amide bonds. The second kappa shape index (κ2) is 5.73. The Morgan fingerprint density at radius 2 is 1.00 bits per heavy atom.